The molecule has 1 aliphatic carbocycles. The quantitative estimate of drug-likeness (QED) is 0.222. The molecule has 4 heterocycles. The molecule has 2 fully saturated rings. The Labute approximate surface area is 280 Å². The molecule has 11 nitrogen and oxygen atoms in total. The lowest BCUT2D eigenvalue weighted by Gasteiger charge is -2.32. The molecule has 0 radical (unpaired) electrons. The summed E-state index contributed by atoms with van der Waals surface area (Å²) in [5.74, 6) is -0.709. The maximum Gasteiger partial charge on any atom is 0.390 e. The highest BCUT2D eigenvalue weighted by atomic mass is 28.3. The first-order valence-corrected chi connectivity index (χ1v) is 20.6. The first-order chi connectivity index (χ1) is 22.7. The number of hydrogen-bond acceptors (Lipinski definition) is 7. The van der Waals surface area contributed by atoms with Gasteiger partial charge >= 0.3 is 6.18 Å². The van der Waals surface area contributed by atoms with Crippen molar-refractivity contribution in [1.29, 1.82) is 0 Å². The Morgan fingerprint density at radius 2 is 1.88 bits per heavy atom. The number of nitrogens with one attached hydrogen (secondary N) is 2. The minimum atomic E-state index is -4.41. The molecule has 2 N–H and O–H groups in total. The van der Waals surface area contributed by atoms with E-state index in [0.717, 1.165) is 29.1 Å². The largest absolute Gasteiger partial charge is 0.390 e. The number of rotatable bonds is 12. The second kappa shape index (κ2) is 14.7. The van der Waals surface area contributed by atoms with Crippen LogP contribution in [0.2, 0.25) is 25.7 Å². The van der Waals surface area contributed by atoms with E-state index in [0.29, 0.717) is 57.1 Å². The fraction of sp³-hybridized carbons (Fsp3) is 0.667. The Balaban J connectivity index is 1.37. The SMILES string of the molecule is CC1CCC([C@H](NC(=O)c2ccnn2CCC(F)(F)F)C(=O)Nc2cc3c(cn2)C2(CCOCC2)C(=O)N3COCC[Si](C)(C)C)CC1. The van der Waals surface area contributed by atoms with Crippen molar-refractivity contribution in [2.75, 3.05) is 36.8 Å². The molecule has 0 aromatic carbocycles. The molecule has 15 heteroatoms. The number of ether oxygens (including phenoxy) is 2. The lowest BCUT2D eigenvalue weighted by molar-refractivity contribution is -0.137. The van der Waals surface area contributed by atoms with Gasteiger partial charge in [-0.2, -0.15) is 18.3 Å². The normalized spacial score (nSPS) is 21.6. The summed E-state index contributed by atoms with van der Waals surface area (Å²) in [5.41, 5.74) is 0.582. The molecule has 2 aromatic heterocycles. The number of fused-ring (bicyclic) bond motifs is 2. The maximum atomic E-state index is 13.9. The van der Waals surface area contributed by atoms with Crippen molar-refractivity contribution in [3.8, 4) is 0 Å². The Hall–Kier alpha value is -3.30. The molecule has 264 valence electrons. The van der Waals surface area contributed by atoms with Gasteiger partial charge < -0.3 is 20.1 Å². The number of carbonyl (C=O) groups excluding carboxylic acids is 3. The van der Waals surface area contributed by atoms with Crippen LogP contribution in [0.4, 0.5) is 24.7 Å². The first-order valence-electron chi connectivity index (χ1n) is 16.9. The summed E-state index contributed by atoms with van der Waals surface area (Å²) in [4.78, 5) is 47.4. The van der Waals surface area contributed by atoms with E-state index in [1.807, 2.05) is 0 Å². The molecule has 0 bridgehead atoms. The van der Waals surface area contributed by atoms with Crippen LogP contribution in [0.3, 0.4) is 0 Å². The highest BCUT2D eigenvalue weighted by molar-refractivity contribution is 6.76. The third kappa shape index (κ3) is 8.46. The van der Waals surface area contributed by atoms with Gasteiger partial charge in [-0.25, -0.2) is 4.98 Å². The van der Waals surface area contributed by atoms with Crippen LogP contribution in [0.25, 0.3) is 0 Å². The summed E-state index contributed by atoms with van der Waals surface area (Å²) < 4.78 is 51.3. The molecule has 1 atom stereocenters. The molecule has 5 rings (SSSR count). The number of aryl methyl sites for hydroxylation is 1. The molecule has 48 heavy (non-hydrogen) atoms. The van der Waals surface area contributed by atoms with Crippen molar-refractivity contribution < 1.29 is 37.0 Å². The molecule has 1 saturated carbocycles. The second-order valence-electron chi connectivity index (χ2n) is 14.6. The number of carbonyl (C=O) groups is 3. The molecule has 0 unspecified atom stereocenters. The predicted molar refractivity (Wildman–Crippen MR) is 176 cm³/mol. The fourth-order valence-electron chi connectivity index (χ4n) is 6.83. The minimum absolute atomic E-state index is 0.0538. The van der Waals surface area contributed by atoms with Crippen LogP contribution >= 0.6 is 0 Å². The molecular formula is C33H47F3N6O5Si. The summed E-state index contributed by atoms with van der Waals surface area (Å²) in [5, 5.41) is 9.58. The van der Waals surface area contributed by atoms with Crippen LogP contribution in [0.15, 0.2) is 24.5 Å². The average molecular weight is 693 g/mol. The summed E-state index contributed by atoms with van der Waals surface area (Å²) >= 11 is 0. The number of pyridine rings is 1. The molecule has 2 aromatic rings. The zero-order valence-electron chi connectivity index (χ0n) is 28.2. The van der Waals surface area contributed by atoms with E-state index >= 15 is 0 Å². The number of amides is 3. The Bertz CT molecular complexity index is 1460. The van der Waals surface area contributed by atoms with Gasteiger partial charge in [0.1, 0.15) is 24.3 Å². The minimum Gasteiger partial charge on any atom is -0.381 e. The van der Waals surface area contributed by atoms with Crippen molar-refractivity contribution >= 4 is 37.3 Å². The summed E-state index contributed by atoms with van der Waals surface area (Å²) in [6.07, 6.45) is 1.57. The van der Waals surface area contributed by atoms with Gasteiger partial charge in [0.2, 0.25) is 11.8 Å². The molecule has 1 spiro atoms. The van der Waals surface area contributed by atoms with E-state index in [4.69, 9.17) is 9.47 Å². The number of alkyl halides is 3. The van der Waals surface area contributed by atoms with Crippen LogP contribution in [0.5, 0.6) is 0 Å². The number of anilines is 2. The fourth-order valence-corrected chi connectivity index (χ4v) is 7.58. The first kappa shape index (κ1) is 36.0. The number of hydrogen-bond donors (Lipinski definition) is 2. The maximum absolute atomic E-state index is 13.9. The van der Waals surface area contributed by atoms with Gasteiger partial charge in [-0.05, 0) is 49.6 Å². The van der Waals surface area contributed by atoms with E-state index in [-0.39, 0.29) is 30.1 Å². The van der Waals surface area contributed by atoms with Gasteiger partial charge in [-0.3, -0.25) is 24.0 Å². The molecule has 1 saturated heterocycles. The van der Waals surface area contributed by atoms with Crippen molar-refractivity contribution in [3.63, 3.8) is 0 Å². The zero-order valence-corrected chi connectivity index (χ0v) is 29.2. The number of halogens is 3. The third-order valence-corrected chi connectivity index (χ3v) is 11.5. The second-order valence-corrected chi connectivity index (χ2v) is 20.2. The Kier molecular flexibility index (Phi) is 11.0. The monoisotopic (exact) mass is 692 g/mol. The Morgan fingerprint density at radius 1 is 1.17 bits per heavy atom. The number of nitrogens with zero attached hydrogens (tertiary/aromatic N) is 4. The van der Waals surface area contributed by atoms with Crippen molar-refractivity contribution in [3.05, 3.63) is 35.8 Å². The Morgan fingerprint density at radius 3 is 2.54 bits per heavy atom. The number of aromatic nitrogens is 3. The van der Waals surface area contributed by atoms with Gasteiger partial charge in [0.15, 0.2) is 0 Å². The van der Waals surface area contributed by atoms with Gasteiger partial charge in [-0.1, -0.05) is 39.4 Å². The summed E-state index contributed by atoms with van der Waals surface area (Å²) in [6.45, 7) is 9.93. The summed E-state index contributed by atoms with van der Waals surface area (Å²) in [7, 11) is -1.35. The molecular weight excluding hydrogens is 645 g/mol. The summed E-state index contributed by atoms with van der Waals surface area (Å²) in [6, 6.07) is 3.02. The average Bonchev–Trinajstić information content (AvgIpc) is 3.58. The van der Waals surface area contributed by atoms with Crippen LogP contribution in [0, 0.1) is 11.8 Å². The van der Waals surface area contributed by atoms with Crippen LogP contribution in [-0.4, -0.2) is 79.3 Å². The van der Waals surface area contributed by atoms with Gasteiger partial charge in [0, 0.05) is 51.9 Å². The van der Waals surface area contributed by atoms with Crippen LogP contribution < -0.4 is 15.5 Å². The van der Waals surface area contributed by atoms with E-state index in [2.05, 4.69) is 47.3 Å². The predicted octanol–water partition coefficient (Wildman–Crippen LogP) is 5.50. The lowest BCUT2D eigenvalue weighted by Crippen LogP contribution is -2.49. The van der Waals surface area contributed by atoms with Crippen LogP contribution in [-0.2, 0) is 31.0 Å². The molecule has 2 aliphatic heterocycles. The van der Waals surface area contributed by atoms with Gasteiger partial charge in [0.25, 0.3) is 5.91 Å². The van der Waals surface area contributed by atoms with E-state index < -0.39 is 50.5 Å². The molecule has 3 amide bonds. The molecule has 3 aliphatic rings. The smallest absolute Gasteiger partial charge is 0.381 e. The van der Waals surface area contributed by atoms with Crippen LogP contribution in [0.1, 0.15) is 67.9 Å². The topological polar surface area (TPSA) is 128 Å². The van der Waals surface area contributed by atoms with E-state index in [9.17, 15) is 27.6 Å². The zero-order chi connectivity index (χ0) is 34.7. The van der Waals surface area contributed by atoms with Crippen molar-refractivity contribution in [1.82, 2.24) is 20.1 Å². The van der Waals surface area contributed by atoms with Crippen molar-refractivity contribution in [2.45, 2.75) is 102 Å². The lowest BCUT2D eigenvalue weighted by atomic mass is 9.76. The highest BCUT2D eigenvalue weighted by Crippen LogP contribution is 2.48. The van der Waals surface area contributed by atoms with Gasteiger partial charge in [-0.15, -0.1) is 0 Å². The van der Waals surface area contributed by atoms with E-state index in [1.165, 1.54) is 12.3 Å². The van der Waals surface area contributed by atoms with E-state index in [1.54, 1.807) is 17.2 Å². The van der Waals surface area contributed by atoms with Crippen molar-refractivity contribution in [2.24, 2.45) is 11.8 Å². The highest BCUT2D eigenvalue weighted by Gasteiger charge is 2.52. The van der Waals surface area contributed by atoms with Gasteiger partial charge in [0.05, 0.1) is 24.1 Å². The third-order valence-electron chi connectivity index (χ3n) is 9.81. The standard InChI is InChI=1S/C33H47F3N6O5Si/c1-22-5-7-23(8-6-22)28(40-29(43)25-9-13-38-42(25)14-10-33(34,35)36)30(44)39-27-19-26-24(20-37-27)32(11-15-46-16-12-32)31(45)41(26)21-47-17-18-48(2,3)4/h9,13,19-20,22-23,28H,5-8,10-12,14-18,21H2,1-4H3,(H,40,43)(H,37,39,44)/t22?,23?,28-/m0/s1.